The summed E-state index contributed by atoms with van der Waals surface area (Å²) >= 11 is 4.30. The third-order valence-electron chi connectivity index (χ3n) is 3.85. The largest absolute Gasteiger partial charge is 0.397 e. The van der Waals surface area contributed by atoms with Gasteiger partial charge in [0.2, 0.25) is 5.13 Å². The number of pyridine rings is 1. The number of anilines is 2. The van der Waals surface area contributed by atoms with Crippen LogP contribution in [0.4, 0.5) is 10.8 Å². The number of nitrogens with zero attached hydrogens (tertiary/aromatic N) is 3. The molecule has 3 aromatic rings. The molecule has 0 aromatic carbocycles. The lowest BCUT2D eigenvalue weighted by molar-refractivity contribution is 0.103. The maximum atomic E-state index is 12.5. The highest BCUT2D eigenvalue weighted by atomic mass is 32.2. The molecule has 1 amide bonds. The van der Waals surface area contributed by atoms with Gasteiger partial charge in [-0.25, -0.2) is 4.98 Å². The summed E-state index contributed by atoms with van der Waals surface area (Å²) in [6, 6.07) is 2.09. The highest BCUT2D eigenvalue weighted by Gasteiger charge is 2.21. The van der Waals surface area contributed by atoms with E-state index in [4.69, 9.17) is 5.73 Å². The number of nitrogens with one attached hydrogen (secondary N) is 1. The Balaban J connectivity index is 1.63. The number of carbonyl (C=O) groups excluding carboxylic acids is 1. The zero-order valence-electron chi connectivity index (χ0n) is 13.0. The van der Waals surface area contributed by atoms with E-state index in [9.17, 15) is 4.79 Å². The van der Waals surface area contributed by atoms with Gasteiger partial charge in [-0.05, 0) is 36.6 Å². The van der Waals surface area contributed by atoms with E-state index in [2.05, 4.69) is 26.6 Å². The summed E-state index contributed by atoms with van der Waals surface area (Å²) in [5.74, 6) is 0.669. The predicted octanol–water partition coefficient (Wildman–Crippen LogP) is 3.58. The lowest BCUT2D eigenvalue weighted by Gasteiger charge is -2.00. The molecule has 0 saturated heterocycles. The van der Waals surface area contributed by atoms with E-state index in [1.165, 1.54) is 28.2 Å². The Morgan fingerprint density at radius 3 is 3.08 bits per heavy atom. The van der Waals surface area contributed by atoms with Crippen LogP contribution in [0.3, 0.4) is 0 Å². The van der Waals surface area contributed by atoms with Crippen LogP contribution in [0.5, 0.6) is 0 Å². The van der Waals surface area contributed by atoms with E-state index in [-0.39, 0.29) is 5.91 Å². The van der Waals surface area contributed by atoms with Crippen molar-refractivity contribution in [2.24, 2.45) is 0 Å². The molecule has 1 aliphatic carbocycles. The minimum Gasteiger partial charge on any atom is -0.397 e. The number of thioether (sulfide) groups is 1. The number of fused-ring (bicyclic) bond motifs is 2. The number of aromatic nitrogens is 3. The molecule has 0 bridgehead atoms. The number of rotatable bonds is 4. The quantitative estimate of drug-likeness (QED) is 0.533. The minimum atomic E-state index is -0.250. The smallest absolute Gasteiger partial charge is 0.269 e. The van der Waals surface area contributed by atoms with Crippen LogP contribution in [0.2, 0.25) is 0 Å². The molecule has 6 nitrogen and oxygen atoms in total. The second-order valence-electron chi connectivity index (χ2n) is 5.41. The molecule has 4 rings (SSSR count). The second kappa shape index (κ2) is 6.30. The summed E-state index contributed by atoms with van der Waals surface area (Å²) in [6.07, 6.45) is 3.19. The van der Waals surface area contributed by atoms with Gasteiger partial charge < -0.3 is 5.73 Å². The summed E-state index contributed by atoms with van der Waals surface area (Å²) < 4.78 is 0.843. The molecule has 24 heavy (non-hydrogen) atoms. The molecule has 0 radical (unpaired) electrons. The molecule has 0 saturated carbocycles. The van der Waals surface area contributed by atoms with Crippen molar-refractivity contribution in [2.75, 3.05) is 16.8 Å². The molecule has 3 heterocycles. The van der Waals surface area contributed by atoms with Gasteiger partial charge in [0.1, 0.15) is 9.71 Å². The van der Waals surface area contributed by atoms with Crippen molar-refractivity contribution in [1.29, 1.82) is 0 Å². The fraction of sp³-hybridized carbons (Fsp3) is 0.333. The Morgan fingerprint density at radius 2 is 2.25 bits per heavy atom. The number of nitrogen functional groups attached to an aromatic ring is 1. The first-order valence-electron chi connectivity index (χ1n) is 7.64. The van der Waals surface area contributed by atoms with E-state index in [1.807, 2.05) is 6.92 Å². The van der Waals surface area contributed by atoms with E-state index in [0.29, 0.717) is 15.7 Å². The van der Waals surface area contributed by atoms with Crippen molar-refractivity contribution < 1.29 is 4.79 Å². The van der Waals surface area contributed by atoms with Crippen molar-refractivity contribution in [1.82, 2.24) is 15.2 Å². The summed E-state index contributed by atoms with van der Waals surface area (Å²) in [4.78, 5) is 18.6. The first-order valence-corrected chi connectivity index (χ1v) is 10.3. The molecule has 3 N–H and O–H groups in total. The average molecular weight is 378 g/mol. The lowest BCUT2D eigenvalue weighted by atomic mass is 10.1. The normalized spacial score (nSPS) is 13.4. The first kappa shape index (κ1) is 15.8. The van der Waals surface area contributed by atoms with E-state index in [1.54, 1.807) is 11.8 Å². The van der Waals surface area contributed by atoms with Crippen molar-refractivity contribution in [2.45, 2.75) is 30.5 Å². The van der Waals surface area contributed by atoms with Crippen molar-refractivity contribution in [3.8, 4) is 0 Å². The third-order valence-corrected chi connectivity index (χ3v) is 6.82. The number of hydrogen-bond donors (Lipinski definition) is 2. The van der Waals surface area contributed by atoms with Gasteiger partial charge in [0.15, 0.2) is 4.34 Å². The van der Waals surface area contributed by atoms with Crippen molar-refractivity contribution >= 4 is 61.4 Å². The van der Waals surface area contributed by atoms with Crippen LogP contribution in [-0.4, -0.2) is 26.8 Å². The van der Waals surface area contributed by atoms with Crippen molar-refractivity contribution in [3.63, 3.8) is 0 Å². The van der Waals surface area contributed by atoms with Gasteiger partial charge in [0, 0.05) is 11.1 Å². The lowest BCUT2D eigenvalue weighted by Crippen LogP contribution is -2.11. The molecule has 0 unspecified atom stereocenters. The van der Waals surface area contributed by atoms with Crippen LogP contribution < -0.4 is 11.1 Å². The van der Waals surface area contributed by atoms with Crippen LogP contribution >= 0.6 is 34.4 Å². The van der Waals surface area contributed by atoms with E-state index in [0.717, 1.165) is 45.3 Å². The zero-order valence-corrected chi connectivity index (χ0v) is 15.4. The maximum Gasteiger partial charge on any atom is 0.269 e. The molecule has 124 valence electrons. The number of thiophene rings is 1. The molecule has 0 atom stereocenters. The fourth-order valence-corrected chi connectivity index (χ4v) is 5.40. The SMILES string of the molecule is CCSc1nnc(NC(=O)c2sc3nc4c(cc3c2N)CCC4)s1. The van der Waals surface area contributed by atoms with Crippen LogP contribution in [0.25, 0.3) is 10.2 Å². The Kier molecular flexibility index (Phi) is 4.15. The van der Waals surface area contributed by atoms with Gasteiger partial charge in [0.05, 0.1) is 5.69 Å². The van der Waals surface area contributed by atoms with Gasteiger partial charge in [-0.3, -0.25) is 10.1 Å². The van der Waals surface area contributed by atoms with Gasteiger partial charge >= 0.3 is 0 Å². The number of nitrogens with two attached hydrogens (primary N) is 1. The van der Waals surface area contributed by atoms with Crippen LogP contribution in [-0.2, 0) is 12.8 Å². The highest BCUT2D eigenvalue weighted by Crippen LogP contribution is 2.36. The first-order chi connectivity index (χ1) is 11.7. The summed E-state index contributed by atoms with van der Waals surface area (Å²) in [5, 5.41) is 12.2. The zero-order chi connectivity index (χ0) is 16.7. The van der Waals surface area contributed by atoms with Crippen molar-refractivity contribution in [3.05, 3.63) is 22.2 Å². The number of carbonyl (C=O) groups is 1. The Hall–Kier alpha value is -1.71. The third kappa shape index (κ3) is 2.76. The topological polar surface area (TPSA) is 93.8 Å². The molecule has 0 spiro atoms. The van der Waals surface area contributed by atoms with Gasteiger partial charge in [-0.15, -0.1) is 21.5 Å². The average Bonchev–Trinajstić information content (AvgIpc) is 3.26. The minimum absolute atomic E-state index is 0.250. The maximum absolute atomic E-state index is 12.5. The molecule has 3 aromatic heterocycles. The number of amides is 1. The van der Waals surface area contributed by atoms with Crippen LogP contribution in [0, 0.1) is 0 Å². The Labute approximate surface area is 150 Å². The Bertz CT molecular complexity index is 933. The predicted molar refractivity (Wildman–Crippen MR) is 100 cm³/mol. The van der Waals surface area contributed by atoms with Crippen LogP contribution in [0.1, 0.15) is 34.3 Å². The summed E-state index contributed by atoms with van der Waals surface area (Å²) in [6.45, 7) is 2.05. The Morgan fingerprint density at radius 1 is 1.38 bits per heavy atom. The molecule has 9 heteroatoms. The van der Waals surface area contributed by atoms with Gasteiger partial charge in [0.25, 0.3) is 5.91 Å². The van der Waals surface area contributed by atoms with Crippen LogP contribution in [0.15, 0.2) is 10.4 Å². The standard InChI is InChI=1S/C15H15N5OS3/c1-2-22-15-20-19-14(24-15)18-12(21)11-10(16)8-6-7-4-3-5-9(7)17-13(8)23-11/h6H,2-5,16H2,1H3,(H,18,19,21). The second-order valence-corrected chi connectivity index (χ2v) is 8.89. The monoisotopic (exact) mass is 377 g/mol. The van der Waals surface area contributed by atoms with E-state index < -0.39 is 0 Å². The highest BCUT2D eigenvalue weighted by molar-refractivity contribution is 8.01. The molecular weight excluding hydrogens is 362 g/mol. The van der Waals surface area contributed by atoms with E-state index >= 15 is 0 Å². The van der Waals surface area contributed by atoms with Gasteiger partial charge in [-0.1, -0.05) is 30.0 Å². The molecule has 0 fully saturated rings. The number of hydrogen-bond acceptors (Lipinski definition) is 8. The molecular formula is C15H15N5OS3. The number of aryl methyl sites for hydroxylation is 2. The molecule has 0 aliphatic heterocycles. The molecule has 1 aliphatic rings. The van der Waals surface area contributed by atoms with Gasteiger partial charge in [-0.2, -0.15) is 0 Å². The summed E-state index contributed by atoms with van der Waals surface area (Å²) in [5.41, 5.74) is 9.11. The summed E-state index contributed by atoms with van der Waals surface area (Å²) in [7, 11) is 0. The fourth-order valence-electron chi connectivity index (χ4n) is 2.76.